The van der Waals surface area contributed by atoms with Crippen LogP contribution in [0, 0.1) is 19.8 Å². The van der Waals surface area contributed by atoms with Crippen LogP contribution in [0.2, 0.25) is 0 Å². The lowest BCUT2D eigenvalue weighted by Gasteiger charge is -2.20. The second-order valence-corrected chi connectivity index (χ2v) is 5.28. The van der Waals surface area contributed by atoms with Crippen molar-refractivity contribution in [3.8, 4) is 0 Å². The van der Waals surface area contributed by atoms with Crippen molar-refractivity contribution in [2.75, 3.05) is 26.7 Å². The lowest BCUT2D eigenvalue weighted by Crippen LogP contribution is -2.30. The summed E-state index contributed by atoms with van der Waals surface area (Å²) >= 11 is 0. The van der Waals surface area contributed by atoms with Crippen molar-refractivity contribution in [1.29, 1.82) is 0 Å². The summed E-state index contributed by atoms with van der Waals surface area (Å²) in [5, 5.41) is 0. The molecule has 0 aliphatic carbocycles. The zero-order valence-corrected chi connectivity index (χ0v) is 11.7. The number of nitrogens with zero attached hydrogens (tertiary/aromatic N) is 1. The van der Waals surface area contributed by atoms with Crippen molar-refractivity contribution in [3.05, 3.63) is 34.9 Å². The Morgan fingerprint density at radius 1 is 1.29 bits per heavy atom. The van der Waals surface area contributed by atoms with Crippen LogP contribution in [0.1, 0.15) is 23.6 Å². The van der Waals surface area contributed by atoms with E-state index in [4.69, 9.17) is 5.73 Å². The molecule has 96 valence electrons. The fourth-order valence-corrected chi connectivity index (χ4v) is 2.14. The normalized spacial score (nSPS) is 13.1. The van der Waals surface area contributed by atoms with Gasteiger partial charge in [-0.2, -0.15) is 0 Å². The highest BCUT2D eigenvalue weighted by Gasteiger charge is 2.05. The predicted octanol–water partition coefficient (Wildman–Crippen LogP) is 2.37. The molecule has 2 heteroatoms. The monoisotopic (exact) mass is 234 g/mol. The van der Waals surface area contributed by atoms with Crippen LogP contribution >= 0.6 is 0 Å². The van der Waals surface area contributed by atoms with E-state index in [9.17, 15) is 0 Å². The van der Waals surface area contributed by atoms with Crippen molar-refractivity contribution in [2.45, 2.75) is 27.2 Å². The molecule has 1 unspecified atom stereocenters. The lowest BCUT2D eigenvalue weighted by atomic mass is 10.0. The summed E-state index contributed by atoms with van der Waals surface area (Å²) in [6.45, 7) is 9.51. The van der Waals surface area contributed by atoms with Gasteiger partial charge in [-0.05, 0) is 50.9 Å². The highest BCUT2D eigenvalue weighted by molar-refractivity contribution is 5.30. The minimum Gasteiger partial charge on any atom is -0.330 e. The number of nitrogens with two attached hydrogens (primary N) is 1. The molecular formula is C15H26N2. The molecule has 0 aliphatic rings. The number of aryl methyl sites for hydroxylation is 2. The molecule has 17 heavy (non-hydrogen) atoms. The van der Waals surface area contributed by atoms with Crippen LogP contribution in [-0.2, 0) is 6.42 Å². The summed E-state index contributed by atoms with van der Waals surface area (Å²) in [5.74, 6) is 0.583. The SMILES string of the molecule is Cc1ccc(CCN(C)CC(C)CN)c(C)c1. The molecule has 2 N–H and O–H groups in total. The standard InChI is InChI=1S/C15H26N2/c1-12-5-6-15(14(3)9-12)7-8-17(4)11-13(2)10-16/h5-6,9,13H,7-8,10-11,16H2,1-4H3. The molecule has 0 aliphatic heterocycles. The van der Waals surface area contributed by atoms with E-state index in [1.165, 1.54) is 16.7 Å². The first-order chi connectivity index (χ1) is 8.02. The average Bonchev–Trinajstić information content (AvgIpc) is 2.27. The van der Waals surface area contributed by atoms with Crippen molar-refractivity contribution < 1.29 is 0 Å². The topological polar surface area (TPSA) is 29.3 Å². The molecular weight excluding hydrogens is 208 g/mol. The first-order valence-corrected chi connectivity index (χ1v) is 6.47. The van der Waals surface area contributed by atoms with Crippen LogP contribution in [0.25, 0.3) is 0 Å². The fourth-order valence-electron chi connectivity index (χ4n) is 2.14. The third-order valence-electron chi connectivity index (χ3n) is 3.29. The van der Waals surface area contributed by atoms with Gasteiger partial charge in [-0.3, -0.25) is 0 Å². The maximum absolute atomic E-state index is 5.64. The van der Waals surface area contributed by atoms with E-state index in [0.717, 1.165) is 26.1 Å². The summed E-state index contributed by atoms with van der Waals surface area (Å²) in [6, 6.07) is 6.72. The molecule has 2 nitrogen and oxygen atoms in total. The predicted molar refractivity (Wildman–Crippen MR) is 75.3 cm³/mol. The minimum absolute atomic E-state index is 0.583. The highest BCUT2D eigenvalue weighted by atomic mass is 15.1. The lowest BCUT2D eigenvalue weighted by molar-refractivity contribution is 0.292. The van der Waals surface area contributed by atoms with Crippen molar-refractivity contribution in [3.63, 3.8) is 0 Å². The molecule has 0 radical (unpaired) electrons. The van der Waals surface area contributed by atoms with E-state index in [0.29, 0.717) is 5.92 Å². The number of rotatable bonds is 6. The zero-order valence-electron chi connectivity index (χ0n) is 11.7. The first-order valence-electron chi connectivity index (χ1n) is 6.47. The smallest absolute Gasteiger partial charge is 0.00190 e. The highest BCUT2D eigenvalue weighted by Crippen LogP contribution is 2.11. The summed E-state index contributed by atoms with van der Waals surface area (Å²) < 4.78 is 0. The molecule has 1 atom stereocenters. The Morgan fingerprint density at radius 3 is 2.59 bits per heavy atom. The van der Waals surface area contributed by atoms with Crippen LogP contribution in [0.5, 0.6) is 0 Å². The van der Waals surface area contributed by atoms with Gasteiger partial charge in [0.1, 0.15) is 0 Å². The van der Waals surface area contributed by atoms with E-state index < -0.39 is 0 Å². The molecule has 0 fully saturated rings. The van der Waals surface area contributed by atoms with E-state index >= 15 is 0 Å². The van der Waals surface area contributed by atoms with E-state index in [1.807, 2.05) is 0 Å². The van der Waals surface area contributed by atoms with Crippen LogP contribution in [0.4, 0.5) is 0 Å². The van der Waals surface area contributed by atoms with Crippen LogP contribution in [0.3, 0.4) is 0 Å². The van der Waals surface area contributed by atoms with Gasteiger partial charge in [-0.15, -0.1) is 0 Å². The first kappa shape index (κ1) is 14.2. The Morgan fingerprint density at radius 2 is 2.00 bits per heavy atom. The summed E-state index contributed by atoms with van der Waals surface area (Å²) in [6.07, 6.45) is 1.12. The quantitative estimate of drug-likeness (QED) is 0.819. The second-order valence-electron chi connectivity index (χ2n) is 5.28. The Balaban J connectivity index is 2.44. The van der Waals surface area contributed by atoms with Gasteiger partial charge in [0.15, 0.2) is 0 Å². The number of benzene rings is 1. The van der Waals surface area contributed by atoms with Gasteiger partial charge < -0.3 is 10.6 Å². The van der Waals surface area contributed by atoms with Gasteiger partial charge in [0, 0.05) is 13.1 Å². The molecule has 1 rings (SSSR count). The molecule has 1 aromatic carbocycles. The van der Waals surface area contributed by atoms with Gasteiger partial charge in [-0.1, -0.05) is 30.7 Å². The molecule has 0 bridgehead atoms. The average molecular weight is 234 g/mol. The molecule has 0 saturated carbocycles. The maximum atomic E-state index is 5.64. The maximum Gasteiger partial charge on any atom is 0.00190 e. The van der Waals surface area contributed by atoms with E-state index in [2.05, 4.69) is 50.9 Å². The molecule has 0 aromatic heterocycles. The Labute approximate surface area is 106 Å². The third kappa shape index (κ3) is 4.88. The van der Waals surface area contributed by atoms with Gasteiger partial charge in [0.05, 0.1) is 0 Å². The van der Waals surface area contributed by atoms with Gasteiger partial charge in [0.2, 0.25) is 0 Å². The fraction of sp³-hybridized carbons (Fsp3) is 0.600. The number of likely N-dealkylation sites (N-methyl/N-ethyl adjacent to an activating group) is 1. The van der Waals surface area contributed by atoms with Crippen molar-refractivity contribution in [2.24, 2.45) is 11.7 Å². The molecule has 1 aromatic rings. The Kier molecular flexibility index (Phi) is 5.66. The minimum atomic E-state index is 0.583. The zero-order chi connectivity index (χ0) is 12.8. The Bertz CT molecular complexity index is 347. The number of hydrogen-bond donors (Lipinski definition) is 1. The van der Waals surface area contributed by atoms with Gasteiger partial charge >= 0.3 is 0 Å². The molecule has 0 amide bonds. The van der Waals surface area contributed by atoms with Crippen LogP contribution in [-0.4, -0.2) is 31.6 Å². The van der Waals surface area contributed by atoms with E-state index in [-0.39, 0.29) is 0 Å². The summed E-state index contributed by atoms with van der Waals surface area (Å²) in [5.41, 5.74) is 9.85. The summed E-state index contributed by atoms with van der Waals surface area (Å²) in [7, 11) is 2.18. The van der Waals surface area contributed by atoms with E-state index in [1.54, 1.807) is 0 Å². The third-order valence-corrected chi connectivity index (χ3v) is 3.29. The molecule has 0 spiro atoms. The second kappa shape index (κ2) is 6.77. The molecule has 0 heterocycles. The van der Waals surface area contributed by atoms with Gasteiger partial charge in [0.25, 0.3) is 0 Å². The van der Waals surface area contributed by atoms with Gasteiger partial charge in [-0.25, -0.2) is 0 Å². The van der Waals surface area contributed by atoms with Crippen LogP contribution in [0.15, 0.2) is 18.2 Å². The van der Waals surface area contributed by atoms with Crippen molar-refractivity contribution >= 4 is 0 Å². The Hall–Kier alpha value is -0.860. The largest absolute Gasteiger partial charge is 0.330 e. The molecule has 0 saturated heterocycles. The number of hydrogen-bond acceptors (Lipinski definition) is 2. The van der Waals surface area contributed by atoms with Crippen LogP contribution < -0.4 is 5.73 Å². The summed E-state index contributed by atoms with van der Waals surface area (Å²) in [4.78, 5) is 2.37. The van der Waals surface area contributed by atoms with Crippen molar-refractivity contribution in [1.82, 2.24) is 4.90 Å².